The second-order valence-corrected chi connectivity index (χ2v) is 3.24. The van der Waals surface area contributed by atoms with Crippen molar-refractivity contribution < 1.29 is 19.4 Å². The third-order valence-electron chi connectivity index (χ3n) is 2.04. The van der Waals surface area contributed by atoms with Crippen molar-refractivity contribution >= 4 is 19.2 Å². The smallest absolute Gasteiger partial charge is 0.223 e. The fourth-order valence-electron chi connectivity index (χ4n) is 1.30. The maximum absolute atomic E-state index is 10.2. The second kappa shape index (κ2) is 6.63. The van der Waals surface area contributed by atoms with Gasteiger partial charge in [0.15, 0.2) is 11.5 Å². The summed E-state index contributed by atoms with van der Waals surface area (Å²) in [7, 11) is 2.46. The molecule has 1 radical (unpaired) electrons. The highest BCUT2D eigenvalue weighted by atomic mass is 16.5. The average Bonchev–Trinajstić information content (AvgIpc) is 2.30. The molecule has 0 saturated heterocycles. The highest BCUT2D eigenvalue weighted by Crippen LogP contribution is 2.28. The number of benzene rings is 1. The molecule has 0 aliphatic heterocycles. The van der Waals surface area contributed by atoms with E-state index in [1.54, 1.807) is 6.07 Å². The minimum absolute atomic E-state index is 0.0539. The highest BCUT2D eigenvalue weighted by molar-refractivity contribution is 6.70. The normalized spacial score (nSPS) is 10.2. The molecule has 0 N–H and O–H groups in total. The molecule has 0 fully saturated rings. The number of hydrogen-bond donors (Lipinski definition) is 0. The minimum Gasteiger partial charge on any atom is -0.561 e. The number of rotatable bonds is 6. The molecule has 0 aromatic heterocycles. The van der Waals surface area contributed by atoms with E-state index in [-0.39, 0.29) is 6.51 Å². The molecule has 0 unspecified atom stereocenters. The topological polar surface area (TPSA) is 58.6 Å². The van der Waals surface area contributed by atoms with Crippen LogP contribution in [0.4, 0.5) is 4.79 Å². The lowest BCUT2D eigenvalue weighted by Crippen LogP contribution is -2.30. The largest absolute Gasteiger partial charge is 0.561 e. The number of allylic oxidation sites excluding steroid dienone is 1. The molecule has 0 aliphatic carbocycles. The molecule has 89 valence electrons. The summed E-state index contributed by atoms with van der Waals surface area (Å²) in [5.41, 5.74) is 0.987. The summed E-state index contributed by atoms with van der Waals surface area (Å²) < 4.78 is 10.4. The van der Waals surface area contributed by atoms with Crippen molar-refractivity contribution in [3.05, 3.63) is 29.8 Å². The first-order valence-corrected chi connectivity index (χ1v) is 5.15. The van der Waals surface area contributed by atoms with Crippen LogP contribution in [-0.4, -0.2) is 26.8 Å². The average molecular weight is 232 g/mol. The van der Waals surface area contributed by atoms with Crippen molar-refractivity contribution in [1.29, 1.82) is 0 Å². The summed E-state index contributed by atoms with van der Waals surface area (Å²) in [6.07, 6.45) is 3.85. The van der Waals surface area contributed by atoms with Crippen LogP contribution in [0.3, 0.4) is 0 Å². The van der Waals surface area contributed by atoms with E-state index in [9.17, 15) is 9.90 Å². The van der Waals surface area contributed by atoms with Crippen LogP contribution in [-0.2, 0) is 0 Å². The molecule has 0 saturated carbocycles. The van der Waals surface area contributed by atoms with Crippen molar-refractivity contribution in [2.75, 3.05) is 13.6 Å². The number of hydrogen-bond acceptors (Lipinski definition) is 4. The number of carboxylic acid groups (broad SMARTS) is 1. The van der Waals surface area contributed by atoms with Crippen molar-refractivity contribution in [3.63, 3.8) is 0 Å². The molecule has 0 heterocycles. The molecule has 1 aromatic carbocycles. The van der Waals surface area contributed by atoms with Gasteiger partial charge in [0.05, 0.1) is 13.6 Å². The number of ether oxygens (including phenoxy) is 2. The van der Waals surface area contributed by atoms with Crippen LogP contribution in [0.1, 0.15) is 12.5 Å². The van der Waals surface area contributed by atoms with Gasteiger partial charge in [-0.3, -0.25) is 0 Å². The van der Waals surface area contributed by atoms with Gasteiger partial charge in [0.25, 0.3) is 0 Å². The van der Waals surface area contributed by atoms with E-state index in [0.29, 0.717) is 11.5 Å². The predicted molar refractivity (Wildman–Crippen MR) is 64.3 cm³/mol. The lowest BCUT2D eigenvalue weighted by atomic mass is 9.81. The standard InChI is InChI=1S/C12H14BO4/c1-3-4-9-5-6-10(11(7-9)16-2)17-8-13-12(14)15/h3-7H,8H2,1-2H3,(H,14,15)/p-1/b4-3+. The predicted octanol–water partition coefficient (Wildman–Crippen LogP) is 1.11. The molecule has 5 heteroatoms. The lowest BCUT2D eigenvalue weighted by molar-refractivity contribution is -0.234. The van der Waals surface area contributed by atoms with Crippen LogP contribution in [0.15, 0.2) is 24.3 Å². The Bertz CT molecular complexity index is 415. The Morgan fingerprint density at radius 1 is 1.47 bits per heavy atom. The Hall–Kier alpha value is -1.91. The third-order valence-corrected chi connectivity index (χ3v) is 2.04. The zero-order valence-corrected chi connectivity index (χ0v) is 9.80. The van der Waals surface area contributed by atoms with E-state index in [2.05, 4.69) is 0 Å². The van der Waals surface area contributed by atoms with E-state index in [4.69, 9.17) is 9.47 Å². The Kier molecular flexibility index (Phi) is 5.13. The Labute approximate surface area is 101 Å². The van der Waals surface area contributed by atoms with Gasteiger partial charge in [0.1, 0.15) is 0 Å². The molecule has 0 bridgehead atoms. The summed E-state index contributed by atoms with van der Waals surface area (Å²) in [5, 5.41) is 10.2. The van der Waals surface area contributed by atoms with Crippen LogP contribution in [0.5, 0.6) is 11.5 Å². The van der Waals surface area contributed by atoms with Crippen molar-refractivity contribution in [2.45, 2.75) is 6.92 Å². The van der Waals surface area contributed by atoms with E-state index >= 15 is 0 Å². The van der Waals surface area contributed by atoms with Gasteiger partial charge in [0, 0.05) is 5.87 Å². The maximum Gasteiger partial charge on any atom is 0.223 e. The first kappa shape index (κ1) is 13.2. The van der Waals surface area contributed by atoms with Crippen LogP contribution >= 0.6 is 0 Å². The summed E-state index contributed by atoms with van der Waals surface area (Å²) in [4.78, 5) is 10.2. The molecule has 17 heavy (non-hydrogen) atoms. The van der Waals surface area contributed by atoms with E-state index in [0.717, 1.165) is 12.8 Å². The van der Waals surface area contributed by atoms with E-state index in [1.807, 2.05) is 31.2 Å². The Balaban J connectivity index is 2.74. The zero-order valence-electron chi connectivity index (χ0n) is 9.80. The van der Waals surface area contributed by atoms with Gasteiger partial charge in [-0.25, -0.2) is 0 Å². The first-order valence-electron chi connectivity index (χ1n) is 5.15. The second-order valence-electron chi connectivity index (χ2n) is 3.24. The summed E-state index contributed by atoms with van der Waals surface area (Å²) in [6.45, 7) is 1.87. The van der Waals surface area contributed by atoms with Gasteiger partial charge in [-0.05, 0) is 24.6 Å². The van der Waals surface area contributed by atoms with Gasteiger partial charge in [-0.1, -0.05) is 18.2 Å². The third kappa shape index (κ3) is 4.22. The fourth-order valence-corrected chi connectivity index (χ4v) is 1.30. The van der Waals surface area contributed by atoms with Gasteiger partial charge in [0.2, 0.25) is 7.28 Å². The number of carbonyl (C=O) groups excluding carboxylic acids is 1. The molecule has 0 spiro atoms. The van der Waals surface area contributed by atoms with Crippen LogP contribution in [0.2, 0.25) is 0 Å². The molecule has 4 nitrogen and oxygen atoms in total. The Morgan fingerprint density at radius 2 is 2.24 bits per heavy atom. The fraction of sp³-hybridized carbons (Fsp3) is 0.250. The number of carbonyl (C=O) groups is 1. The molecule has 1 rings (SSSR count). The lowest BCUT2D eigenvalue weighted by Gasteiger charge is -2.11. The molecule has 1 aromatic rings. The minimum atomic E-state index is -1.26. The van der Waals surface area contributed by atoms with Crippen LogP contribution < -0.4 is 14.6 Å². The van der Waals surface area contributed by atoms with Gasteiger partial charge < -0.3 is 19.4 Å². The molecular formula is C12H13BO4-. The summed E-state index contributed by atoms with van der Waals surface area (Å²) >= 11 is 0. The van der Waals surface area contributed by atoms with Crippen molar-refractivity contribution in [3.8, 4) is 11.5 Å². The molecular weight excluding hydrogens is 219 g/mol. The quantitative estimate of drug-likeness (QED) is 0.689. The van der Waals surface area contributed by atoms with E-state index < -0.39 is 5.87 Å². The van der Waals surface area contributed by atoms with Gasteiger partial charge in [-0.15, -0.1) is 0 Å². The van der Waals surface area contributed by atoms with Crippen LogP contribution in [0, 0.1) is 0 Å². The van der Waals surface area contributed by atoms with Gasteiger partial charge in [-0.2, -0.15) is 0 Å². The molecule has 0 aliphatic rings. The Morgan fingerprint density at radius 3 is 2.82 bits per heavy atom. The van der Waals surface area contributed by atoms with Crippen molar-refractivity contribution in [2.24, 2.45) is 0 Å². The van der Waals surface area contributed by atoms with E-state index in [1.165, 1.54) is 7.11 Å². The monoisotopic (exact) mass is 232 g/mol. The number of methoxy groups -OCH3 is 1. The summed E-state index contributed by atoms with van der Waals surface area (Å²) in [6, 6.07) is 5.41. The van der Waals surface area contributed by atoms with Crippen LogP contribution in [0.25, 0.3) is 6.08 Å². The maximum atomic E-state index is 10.2. The highest BCUT2D eigenvalue weighted by Gasteiger charge is 2.04. The molecule has 0 amide bonds. The van der Waals surface area contributed by atoms with Crippen molar-refractivity contribution in [1.82, 2.24) is 0 Å². The molecule has 0 atom stereocenters. The van der Waals surface area contributed by atoms with Gasteiger partial charge >= 0.3 is 0 Å². The zero-order chi connectivity index (χ0) is 12.7. The first-order chi connectivity index (χ1) is 8.17. The summed E-state index contributed by atoms with van der Waals surface area (Å²) in [5.74, 6) is -0.194. The SMILES string of the molecule is C/C=C/c1ccc(OC[B]C(=O)[O-])c(OC)c1.